The Morgan fingerprint density at radius 2 is 1.47 bits per heavy atom. The number of nitrogens with zero attached hydrogens (tertiary/aromatic N) is 6. The molecular formula is C70H100N16O22S3. The minimum atomic E-state index is -1.80. The number of ketones is 1. The van der Waals surface area contributed by atoms with E-state index in [1.165, 1.54) is 70.4 Å². The maximum absolute atomic E-state index is 13.6. The van der Waals surface area contributed by atoms with Crippen molar-refractivity contribution in [1.82, 2.24) is 56.4 Å². The van der Waals surface area contributed by atoms with Crippen LogP contribution in [0, 0.1) is 36.0 Å². The summed E-state index contributed by atoms with van der Waals surface area (Å²) < 4.78 is 16.7. The van der Waals surface area contributed by atoms with Crippen LogP contribution in [-0.2, 0) is 68.7 Å². The van der Waals surface area contributed by atoms with Crippen LogP contribution in [-0.4, -0.2) is 237 Å². The Kier molecular flexibility index (Phi) is 36.3. The number of likely N-dealkylation sites (N-methyl/N-ethyl adjacent to an activating group) is 1. The predicted molar refractivity (Wildman–Crippen MR) is 409 cm³/mol. The number of carbonyl (C=O) groups is 12. The molecule has 3 aromatic heterocycles. The minimum absolute atomic E-state index is 0.0129. The average molecular weight is 1610 g/mol. The van der Waals surface area contributed by atoms with Gasteiger partial charge in [-0.25, -0.2) is 24.5 Å². The number of nitrogens with one attached hydrogen (secondary N) is 7. The highest BCUT2D eigenvalue weighted by Crippen LogP contribution is 2.40. The van der Waals surface area contributed by atoms with Gasteiger partial charge in [-0.2, -0.15) is 4.98 Å². The van der Waals surface area contributed by atoms with Gasteiger partial charge in [-0.15, -0.1) is 11.3 Å². The zero-order valence-electron chi connectivity index (χ0n) is 62.9. The number of fused-ring (bicyclic) bond motifs is 2. The lowest BCUT2D eigenvalue weighted by Crippen LogP contribution is -2.57. The number of nitrogen functional groups attached to an aromatic ring is 1. The molecule has 0 saturated carbocycles. The molecule has 2 fully saturated rings. The first-order chi connectivity index (χ1) is 52.3. The molecule has 6 rings (SSSR count). The van der Waals surface area contributed by atoms with Gasteiger partial charge >= 0.3 is 36.0 Å². The number of thiazole rings is 1. The third-order valence-electron chi connectivity index (χ3n) is 18.3. The van der Waals surface area contributed by atoms with Gasteiger partial charge < -0.3 is 94.0 Å². The van der Waals surface area contributed by atoms with E-state index >= 15 is 0 Å². The van der Waals surface area contributed by atoms with Gasteiger partial charge in [0, 0.05) is 79.1 Å². The van der Waals surface area contributed by atoms with E-state index in [4.69, 9.17) is 36.5 Å². The van der Waals surface area contributed by atoms with E-state index in [1.54, 1.807) is 34.6 Å². The Balaban J connectivity index is 0.000000402. The van der Waals surface area contributed by atoms with Gasteiger partial charge in [-0.1, -0.05) is 62.6 Å². The van der Waals surface area contributed by atoms with Crippen molar-refractivity contribution in [2.24, 2.45) is 45.5 Å². The summed E-state index contributed by atoms with van der Waals surface area (Å²) in [6.07, 6.45) is -0.576. The van der Waals surface area contributed by atoms with Crippen LogP contribution in [0.25, 0.3) is 17.2 Å². The number of carbonyl (C=O) groups excluding carboxylic acids is 8. The van der Waals surface area contributed by atoms with Crippen LogP contribution in [0.4, 0.5) is 16.4 Å². The van der Waals surface area contributed by atoms with Crippen LogP contribution in [0.2, 0.25) is 0 Å². The Bertz CT molecular complexity index is 4050. The average Bonchev–Trinajstić information content (AvgIpc) is 1.66. The number of anilines is 2. The van der Waals surface area contributed by atoms with Crippen molar-refractivity contribution in [1.29, 1.82) is 0 Å². The van der Waals surface area contributed by atoms with E-state index < -0.39 is 162 Å². The number of carboxylic acid groups (broad SMARTS) is 4. The first kappa shape index (κ1) is 91.5. The van der Waals surface area contributed by atoms with E-state index in [-0.39, 0.29) is 91.6 Å². The smallest absolute Gasteiger partial charge is 0.481 e. The molecule has 19 N–H and O–H groups in total. The molecule has 111 heavy (non-hydrogen) atoms. The molecule has 0 radical (unpaired) electrons. The second-order valence-electron chi connectivity index (χ2n) is 27.3. The number of aliphatic imine (C=N–C) groups is 1. The zero-order valence-corrected chi connectivity index (χ0v) is 65.4. The van der Waals surface area contributed by atoms with Crippen molar-refractivity contribution in [3.8, 4) is 0 Å². The topological polar surface area (TPSA) is 604 Å². The molecule has 5 heterocycles. The lowest BCUT2D eigenvalue weighted by Gasteiger charge is -2.36. The molecule has 38 nitrogen and oxygen atoms in total. The van der Waals surface area contributed by atoms with Crippen molar-refractivity contribution < 1.29 is 102 Å². The molecule has 0 aliphatic carbocycles. The summed E-state index contributed by atoms with van der Waals surface area (Å²) in [5.74, 6) is -12.8. The summed E-state index contributed by atoms with van der Waals surface area (Å²) in [5, 5.41) is 76.9. The van der Waals surface area contributed by atoms with Crippen LogP contribution >= 0.6 is 32.9 Å². The predicted octanol–water partition coefficient (Wildman–Crippen LogP) is 1.95. The first-order valence-corrected chi connectivity index (χ1v) is 38.9. The van der Waals surface area contributed by atoms with Crippen molar-refractivity contribution >= 4 is 139 Å². The van der Waals surface area contributed by atoms with Gasteiger partial charge in [-0.3, -0.25) is 67.6 Å². The van der Waals surface area contributed by atoms with Crippen molar-refractivity contribution in [3.05, 3.63) is 73.7 Å². The Hall–Kier alpha value is -10.1. The van der Waals surface area contributed by atoms with Gasteiger partial charge in [0.2, 0.25) is 29.6 Å². The Morgan fingerprint density at radius 3 is 2.09 bits per heavy atom. The fourth-order valence-corrected chi connectivity index (χ4v) is 14.6. The van der Waals surface area contributed by atoms with E-state index in [1.807, 2.05) is 32.2 Å². The van der Waals surface area contributed by atoms with Crippen LogP contribution in [0.15, 0.2) is 51.2 Å². The van der Waals surface area contributed by atoms with Crippen molar-refractivity contribution in [2.75, 3.05) is 55.9 Å². The third-order valence-corrected chi connectivity index (χ3v) is 21.7. The molecule has 2 aliphatic heterocycles. The standard InChI is InChI=1S/C36H56N2O10S3.C34H44N14O12/c1-20-10-9-11-27-28(38(27)12-13-46-35(45)47-14-15-50-51-18-22(3)33(42)43)17-29(21(2)16-26-19-49-25(6)37-26)48-34(44)24(5)32(41)36(7,8)31(40)23(4)30(20)39;1-38-28(55)20(11-23(50)51)46-29(56)18(3-2-10-39-33(35)36)44-30(57)21(12-24(52)53)43-22(49)9-8-19(32(59)60)45-27(54)15-4-6-16(7-5-15)40-13-17-14-41-26-25(42-17)31(58)48-34(37)47-26/h16,19-20,22-24,27-30,32,39,41H,9-15,17-18H2,1-8H3,(H,42,43);4-7,14,18-21,40H,2-3,8-13H2,1H3,(H,38,55)(H,43,49)(H,44,57)(H,45,54)(H,46,56)(H,50,51)(H,52,53)(H,59,60)(H4,35,36,39)(H3,37,41,47,48,58)/b21-16+;/t20-,22?,23+,24?,27+,28-,29-,30-,32-,38?;18-,19-,20-,21-/m00/s1. The van der Waals surface area contributed by atoms with Crippen molar-refractivity contribution in [3.63, 3.8) is 0 Å². The molecule has 41 heteroatoms. The quantitative estimate of drug-likeness (QED) is 0.00781. The number of aliphatic hydroxyl groups is 2. The number of aromatic nitrogens is 5. The fraction of sp³-hybridized carbons (Fsp3) is 0.571. The van der Waals surface area contributed by atoms with Crippen molar-refractivity contribution in [2.45, 2.75) is 181 Å². The first-order valence-electron chi connectivity index (χ1n) is 35.5. The summed E-state index contributed by atoms with van der Waals surface area (Å²) in [7, 11) is 4.06. The number of amides is 5. The van der Waals surface area contributed by atoms with Gasteiger partial charge in [-0.05, 0) is 94.7 Å². The lowest BCUT2D eigenvalue weighted by atomic mass is 9.71. The summed E-state index contributed by atoms with van der Waals surface area (Å²) in [6.45, 7) is 14.7. The summed E-state index contributed by atoms with van der Waals surface area (Å²) >= 11 is 1.52. The van der Waals surface area contributed by atoms with E-state index in [9.17, 15) is 87.9 Å². The molecular weight excluding hydrogens is 1510 g/mol. The van der Waals surface area contributed by atoms with Crippen LogP contribution in [0.3, 0.4) is 0 Å². The Morgan fingerprint density at radius 1 is 0.820 bits per heavy atom. The number of Topliss-reactive ketones (excluding diaryl/α,β-unsaturated/α-hetero) is 1. The molecule has 0 spiro atoms. The number of aliphatic carboxylic acids is 4. The highest BCUT2D eigenvalue weighted by atomic mass is 33.1. The van der Waals surface area contributed by atoms with Gasteiger partial charge in [0.25, 0.3) is 11.5 Å². The van der Waals surface area contributed by atoms with Gasteiger partial charge in [0.1, 0.15) is 49.3 Å². The Labute approximate surface area is 650 Å². The monoisotopic (exact) mass is 1610 g/mol. The maximum Gasteiger partial charge on any atom is 0.508 e. The third kappa shape index (κ3) is 29.6. The maximum atomic E-state index is 13.6. The number of aliphatic hydroxyl groups excluding tert-OH is 2. The summed E-state index contributed by atoms with van der Waals surface area (Å²) in [5.41, 5.74) is 16.9. The fourth-order valence-electron chi connectivity index (χ4n) is 11.9. The summed E-state index contributed by atoms with van der Waals surface area (Å²) in [4.78, 5) is 187. The van der Waals surface area contributed by atoms with E-state index in [2.05, 4.69) is 66.7 Å². The number of H-pyrrole nitrogens is 1. The SMILES string of the molecule is C/C(=C\c1csc(C)n1)[C@@H]1C[C@H]2[C@@H](CCC[C@H](C)[C@H](O)[C@@H](C)C(=O)C(C)(C)[C@@H](O)C(C)C(=O)O1)N2CCOC(=O)OCCSSCC(C)C(=O)O.CNC(=O)[C@H](CC(=O)O)NC(=O)[C@H](CCCN=C(N)N)NC(=O)[C@H](CC(=O)O)NC(=O)CC[C@H](NC(=O)c1ccc(NCc2cnc3nc(N)[nH]c(=O)c3n2)cc1)C(=O)O. The van der Waals surface area contributed by atoms with Crippen LogP contribution in [0.1, 0.15) is 139 Å². The molecule has 3 unspecified atom stereocenters. The molecule has 1 aromatic carbocycles. The zero-order chi connectivity index (χ0) is 82.6. The van der Waals surface area contributed by atoms with Gasteiger partial charge in [0.05, 0.1) is 71.4 Å². The molecule has 14 atom stereocenters. The number of aryl methyl sites for hydroxylation is 1. The number of rotatable bonds is 35. The molecule has 4 aromatic rings. The number of hydrogen-bond donors (Lipinski definition) is 16. The highest BCUT2D eigenvalue weighted by molar-refractivity contribution is 8.76. The molecule has 610 valence electrons. The number of ether oxygens (including phenoxy) is 3. The summed E-state index contributed by atoms with van der Waals surface area (Å²) in [6, 6.07) is -0.492. The second kappa shape index (κ2) is 44.1. The highest BCUT2D eigenvalue weighted by Gasteiger charge is 2.50. The molecule has 5 amide bonds. The van der Waals surface area contributed by atoms with E-state index in [0.29, 0.717) is 42.3 Å². The van der Waals surface area contributed by atoms with Gasteiger partial charge in [0.15, 0.2) is 17.1 Å². The largest absolute Gasteiger partial charge is 0.508 e. The normalized spacial score (nSPS) is 21.2. The molecule has 2 aliphatic rings. The molecule has 0 bridgehead atoms. The lowest BCUT2D eigenvalue weighted by molar-refractivity contribution is -0.162. The number of esters is 1. The number of carboxylic acids is 4. The minimum Gasteiger partial charge on any atom is -0.481 e. The number of nitrogens with two attached hydrogens (primary N) is 3. The second-order valence-corrected chi connectivity index (χ2v) is 31.0. The number of guanidine groups is 1. The number of hydrogen-bond acceptors (Lipinski definition) is 29. The molecule has 2 saturated heterocycles. The number of cyclic esters (lactones) is 1. The number of benzene rings is 1. The number of aromatic amines is 1. The van der Waals surface area contributed by atoms with Crippen LogP contribution < -0.4 is 54.7 Å². The van der Waals surface area contributed by atoms with Crippen LogP contribution in [0.5, 0.6) is 0 Å². The van der Waals surface area contributed by atoms with E-state index in [0.717, 1.165) is 29.1 Å².